The van der Waals surface area contributed by atoms with E-state index in [0.717, 1.165) is 5.56 Å². The first kappa shape index (κ1) is 15.2. The van der Waals surface area contributed by atoms with Gasteiger partial charge in [0, 0.05) is 20.1 Å². The Labute approximate surface area is 112 Å². The van der Waals surface area contributed by atoms with Crippen molar-refractivity contribution in [3.63, 3.8) is 0 Å². The number of amides is 1. The number of carboxylic acid groups (broad SMARTS) is 1. The Hall–Kier alpha value is -1.88. The molecule has 0 saturated carbocycles. The maximum atomic E-state index is 11.7. The molecule has 0 spiro atoms. The largest absolute Gasteiger partial charge is 0.481 e. The highest BCUT2D eigenvalue weighted by atomic mass is 16.5. The summed E-state index contributed by atoms with van der Waals surface area (Å²) in [6, 6.07) is 8.62. The summed E-state index contributed by atoms with van der Waals surface area (Å²) in [5.74, 6) is -1.10. The second-order valence-corrected chi connectivity index (χ2v) is 4.22. The lowest BCUT2D eigenvalue weighted by Crippen LogP contribution is -2.30. The van der Waals surface area contributed by atoms with E-state index in [-0.39, 0.29) is 12.3 Å². The van der Waals surface area contributed by atoms with Crippen LogP contribution in [-0.2, 0) is 14.3 Å². The molecule has 1 amide bonds. The van der Waals surface area contributed by atoms with E-state index in [1.807, 2.05) is 30.3 Å². The van der Waals surface area contributed by atoms with Crippen molar-refractivity contribution in [3.8, 4) is 0 Å². The fourth-order valence-electron chi connectivity index (χ4n) is 1.76. The van der Waals surface area contributed by atoms with Crippen molar-refractivity contribution >= 4 is 11.9 Å². The van der Waals surface area contributed by atoms with Crippen molar-refractivity contribution in [2.24, 2.45) is 0 Å². The van der Waals surface area contributed by atoms with Gasteiger partial charge in [0.05, 0.1) is 12.5 Å². The van der Waals surface area contributed by atoms with E-state index in [9.17, 15) is 9.59 Å². The molecule has 19 heavy (non-hydrogen) atoms. The minimum absolute atomic E-state index is 0.125. The maximum Gasteiger partial charge on any atom is 0.305 e. The fourth-order valence-corrected chi connectivity index (χ4v) is 1.76. The van der Waals surface area contributed by atoms with Crippen molar-refractivity contribution in [3.05, 3.63) is 35.9 Å². The van der Waals surface area contributed by atoms with Gasteiger partial charge in [-0.3, -0.25) is 9.59 Å². The molecule has 0 saturated heterocycles. The first-order valence-electron chi connectivity index (χ1n) is 6.18. The van der Waals surface area contributed by atoms with Crippen LogP contribution in [0.4, 0.5) is 0 Å². The molecule has 1 unspecified atom stereocenters. The van der Waals surface area contributed by atoms with Gasteiger partial charge in [0.1, 0.15) is 0 Å². The molecule has 1 atom stereocenters. The van der Waals surface area contributed by atoms with Gasteiger partial charge in [-0.2, -0.15) is 0 Å². The number of hydrogen-bond donors (Lipinski definition) is 2. The number of ether oxygens (including phenoxy) is 1. The number of aliphatic carboxylic acids is 1. The number of methoxy groups -OCH3 is 1. The number of nitrogens with one attached hydrogen (secondary N) is 1. The average molecular weight is 265 g/mol. The molecule has 1 aromatic rings. The molecule has 0 aliphatic rings. The van der Waals surface area contributed by atoms with Crippen molar-refractivity contribution in [2.75, 3.05) is 13.7 Å². The van der Waals surface area contributed by atoms with Crippen LogP contribution < -0.4 is 5.32 Å². The van der Waals surface area contributed by atoms with E-state index in [0.29, 0.717) is 19.4 Å². The quantitative estimate of drug-likeness (QED) is 0.702. The lowest BCUT2D eigenvalue weighted by molar-refractivity contribution is -0.137. The first-order valence-corrected chi connectivity index (χ1v) is 6.18. The SMILES string of the molecule is COCCCC(=O)NC(CC(=O)O)c1ccccc1. The number of rotatable bonds is 8. The Bertz CT molecular complexity index is 405. The lowest BCUT2D eigenvalue weighted by Gasteiger charge is -2.17. The van der Waals surface area contributed by atoms with Crippen LogP contribution in [0.1, 0.15) is 30.9 Å². The summed E-state index contributed by atoms with van der Waals surface area (Å²) < 4.78 is 4.87. The average Bonchev–Trinajstić information content (AvgIpc) is 2.39. The zero-order valence-electron chi connectivity index (χ0n) is 11.0. The second-order valence-electron chi connectivity index (χ2n) is 4.22. The van der Waals surface area contributed by atoms with Crippen LogP contribution in [0.2, 0.25) is 0 Å². The van der Waals surface area contributed by atoms with E-state index < -0.39 is 12.0 Å². The Balaban J connectivity index is 2.60. The van der Waals surface area contributed by atoms with Gasteiger partial charge in [-0.25, -0.2) is 0 Å². The van der Waals surface area contributed by atoms with Gasteiger partial charge in [-0.15, -0.1) is 0 Å². The van der Waals surface area contributed by atoms with Crippen LogP contribution >= 0.6 is 0 Å². The van der Waals surface area contributed by atoms with Gasteiger partial charge in [0.15, 0.2) is 0 Å². The molecule has 0 aromatic heterocycles. The minimum atomic E-state index is -0.939. The Morgan fingerprint density at radius 2 is 2.00 bits per heavy atom. The van der Waals surface area contributed by atoms with Crippen LogP contribution in [0.3, 0.4) is 0 Å². The number of benzene rings is 1. The molecule has 1 aromatic carbocycles. The van der Waals surface area contributed by atoms with Crippen molar-refractivity contribution in [1.29, 1.82) is 0 Å². The molecule has 5 nitrogen and oxygen atoms in total. The number of carboxylic acids is 1. The van der Waals surface area contributed by atoms with Gasteiger partial charge in [0.25, 0.3) is 0 Å². The third-order valence-corrected chi connectivity index (χ3v) is 2.67. The van der Waals surface area contributed by atoms with Gasteiger partial charge in [-0.05, 0) is 12.0 Å². The standard InChI is InChI=1S/C14H19NO4/c1-19-9-5-8-13(16)15-12(10-14(17)18)11-6-3-2-4-7-11/h2-4,6-7,12H,5,8-10H2,1H3,(H,15,16)(H,17,18). The van der Waals surface area contributed by atoms with Gasteiger partial charge in [0.2, 0.25) is 5.91 Å². The zero-order chi connectivity index (χ0) is 14.1. The topological polar surface area (TPSA) is 75.6 Å². The predicted octanol–water partition coefficient (Wildman–Crippen LogP) is 1.75. The Morgan fingerprint density at radius 1 is 1.32 bits per heavy atom. The highest BCUT2D eigenvalue weighted by Gasteiger charge is 2.17. The summed E-state index contributed by atoms with van der Waals surface area (Å²) in [5.41, 5.74) is 0.796. The van der Waals surface area contributed by atoms with Crippen LogP contribution in [0.15, 0.2) is 30.3 Å². The molecule has 5 heteroatoms. The van der Waals surface area contributed by atoms with Gasteiger partial charge in [-0.1, -0.05) is 30.3 Å². The number of carbonyl (C=O) groups is 2. The minimum Gasteiger partial charge on any atom is -0.481 e. The molecule has 104 valence electrons. The van der Waals surface area contributed by atoms with Crippen molar-refractivity contribution in [1.82, 2.24) is 5.32 Å². The van der Waals surface area contributed by atoms with Crippen LogP contribution in [0, 0.1) is 0 Å². The van der Waals surface area contributed by atoms with E-state index in [2.05, 4.69) is 5.32 Å². The molecule has 0 fully saturated rings. The van der Waals surface area contributed by atoms with Gasteiger partial charge < -0.3 is 15.2 Å². The van der Waals surface area contributed by atoms with Crippen LogP contribution in [0.25, 0.3) is 0 Å². The molecule has 2 N–H and O–H groups in total. The monoisotopic (exact) mass is 265 g/mol. The van der Waals surface area contributed by atoms with E-state index in [4.69, 9.17) is 9.84 Å². The smallest absolute Gasteiger partial charge is 0.305 e. The van der Waals surface area contributed by atoms with E-state index in [1.54, 1.807) is 7.11 Å². The molecule has 0 bridgehead atoms. The summed E-state index contributed by atoms with van der Waals surface area (Å²) in [7, 11) is 1.58. The zero-order valence-corrected chi connectivity index (χ0v) is 11.0. The van der Waals surface area contributed by atoms with Crippen LogP contribution in [-0.4, -0.2) is 30.7 Å². The highest BCUT2D eigenvalue weighted by Crippen LogP contribution is 2.16. The highest BCUT2D eigenvalue weighted by molar-refractivity contribution is 5.77. The third-order valence-electron chi connectivity index (χ3n) is 2.67. The Kier molecular flexibility index (Phi) is 6.60. The third kappa shape index (κ3) is 6.01. The number of hydrogen-bond acceptors (Lipinski definition) is 3. The molecular formula is C14H19NO4. The summed E-state index contributed by atoms with van der Waals surface area (Å²) in [6.07, 6.45) is 0.827. The fraction of sp³-hybridized carbons (Fsp3) is 0.429. The Morgan fingerprint density at radius 3 is 2.58 bits per heavy atom. The molecule has 0 aliphatic heterocycles. The van der Waals surface area contributed by atoms with Crippen LogP contribution in [0.5, 0.6) is 0 Å². The maximum absolute atomic E-state index is 11.7. The second kappa shape index (κ2) is 8.26. The van der Waals surface area contributed by atoms with E-state index in [1.165, 1.54) is 0 Å². The number of carbonyl (C=O) groups excluding carboxylic acids is 1. The lowest BCUT2D eigenvalue weighted by atomic mass is 10.0. The van der Waals surface area contributed by atoms with Crippen molar-refractivity contribution in [2.45, 2.75) is 25.3 Å². The molecular weight excluding hydrogens is 246 g/mol. The predicted molar refractivity (Wildman–Crippen MR) is 70.7 cm³/mol. The molecule has 0 heterocycles. The first-order chi connectivity index (χ1) is 9.13. The van der Waals surface area contributed by atoms with Gasteiger partial charge >= 0.3 is 5.97 Å². The van der Waals surface area contributed by atoms with E-state index >= 15 is 0 Å². The summed E-state index contributed by atoms with van der Waals surface area (Å²) in [5, 5.41) is 11.6. The summed E-state index contributed by atoms with van der Waals surface area (Å²) in [4.78, 5) is 22.6. The van der Waals surface area contributed by atoms with Crippen molar-refractivity contribution < 1.29 is 19.4 Å². The molecule has 0 aliphatic carbocycles. The summed E-state index contributed by atoms with van der Waals surface area (Å²) >= 11 is 0. The summed E-state index contributed by atoms with van der Waals surface area (Å²) in [6.45, 7) is 0.516. The molecule has 1 rings (SSSR count). The molecule has 0 radical (unpaired) electrons. The normalized spacial score (nSPS) is 11.8.